The number of methoxy groups -OCH3 is 1. The molecule has 1 aromatic heterocycles. The van der Waals surface area contributed by atoms with Crippen molar-refractivity contribution < 1.29 is 4.74 Å². The van der Waals surface area contributed by atoms with Crippen molar-refractivity contribution in [3.63, 3.8) is 0 Å². The summed E-state index contributed by atoms with van der Waals surface area (Å²) in [5.74, 6) is 6.34. The number of benzene rings is 1. The molecule has 1 atom stereocenters. The zero-order valence-corrected chi connectivity index (χ0v) is 12.4. The van der Waals surface area contributed by atoms with Gasteiger partial charge in [-0.2, -0.15) is 0 Å². The molecule has 0 aliphatic rings. The van der Waals surface area contributed by atoms with Gasteiger partial charge in [0.05, 0.1) is 19.3 Å². The highest BCUT2D eigenvalue weighted by molar-refractivity contribution is 6.33. The first-order chi connectivity index (χ1) is 9.65. The summed E-state index contributed by atoms with van der Waals surface area (Å²) in [5.41, 5.74) is 4.61. The molecule has 0 saturated heterocycles. The molecule has 0 aliphatic heterocycles. The number of nitrogens with two attached hydrogens (primary N) is 1. The summed E-state index contributed by atoms with van der Waals surface area (Å²) >= 11 is 12.2. The Morgan fingerprint density at radius 1 is 1.35 bits per heavy atom. The van der Waals surface area contributed by atoms with Crippen molar-refractivity contribution in [2.45, 2.75) is 12.5 Å². The molecule has 2 rings (SSSR count). The van der Waals surface area contributed by atoms with Crippen molar-refractivity contribution >= 4 is 23.2 Å². The summed E-state index contributed by atoms with van der Waals surface area (Å²) in [5, 5.41) is 1.30. The third-order valence-electron chi connectivity index (χ3n) is 3.04. The third kappa shape index (κ3) is 3.41. The van der Waals surface area contributed by atoms with Gasteiger partial charge in [0.1, 0.15) is 5.75 Å². The normalized spacial score (nSPS) is 12.2. The van der Waals surface area contributed by atoms with Gasteiger partial charge >= 0.3 is 0 Å². The molecule has 3 N–H and O–H groups in total. The van der Waals surface area contributed by atoms with Crippen LogP contribution in [0.1, 0.15) is 17.2 Å². The maximum absolute atomic E-state index is 6.19. The summed E-state index contributed by atoms with van der Waals surface area (Å²) in [4.78, 5) is 4.03. The average Bonchev–Trinajstić information content (AvgIpc) is 2.48. The SMILES string of the molecule is COc1cnccc1C(Cc1cc(Cl)ccc1Cl)NN. The topological polar surface area (TPSA) is 60.2 Å². The van der Waals surface area contributed by atoms with Crippen molar-refractivity contribution in [3.05, 3.63) is 57.8 Å². The number of nitrogens with one attached hydrogen (secondary N) is 1. The predicted octanol–water partition coefficient (Wildman–Crippen LogP) is 3.14. The Labute approximate surface area is 127 Å². The van der Waals surface area contributed by atoms with Gasteiger partial charge in [0.25, 0.3) is 0 Å². The van der Waals surface area contributed by atoms with Crippen LogP contribution in [0.25, 0.3) is 0 Å². The Hall–Kier alpha value is -1.33. The Balaban J connectivity index is 2.31. The first kappa shape index (κ1) is 15.1. The Kier molecular flexibility index (Phi) is 5.20. The van der Waals surface area contributed by atoms with Crippen LogP contribution < -0.4 is 16.0 Å². The molecule has 20 heavy (non-hydrogen) atoms. The highest BCUT2D eigenvalue weighted by atomic mass is 35.5. The van der Waals surface area contributed by atoms with Gasteiger partial charge in [0.2, 0.25) is 0 Å². The van der Waals surface area contributed by atoms with E-state index in [9.17, 15) is 0 Å². The largest absolute Gasteiger partial charge is 0.495 e. The standard InChI is InChI=1S/C14H15Cl2N3O/c1-20-14-8-18-5-4-11(14)13(19-17)7-9-6-10(15)2-3-12(9)16/h2-6,8,13,19H,7,17H2,1H3. The maximum Gasteiger partial charge on any atom is 0.141 e. The lowest BCUT2D eigenvalue weighted by molar-refractivity contribution is 0.397. The number of hydrogen-bond acceptors (Lipinski definition) is 4. The van der Waals surface area contributed by atoms with Gasteiger partial charge in [-0.25, -0.2) is 0 Å². The first-order valence-electron chi connectivity index (χ1n) is 6.03. The fourth-order valence-electron chi connectivity index (χ4n) is 2.03. The first-order valence-corrected chi connectivity index (χ1v) is 6.79. The van der Waals surface area contributed by atoms with E-state index < -0.39 is 0 Å². The van der Waals surface area contributed by atoms with E-state index in [0.717, 1.165) is 11.1 Å². The molecule has 0 radical (unpaired) electrons. The monoisotopic (exact) mass is 311 g/mol. The molecule has 4 nitrogen and oxygen atoms in total. The Morgan fingerprint density at radius 3 is 2.85 bits per heavy atom. The van der Waals surface area contributed by atoms with Crippen molar-refractivity contribution in [1.82, 2.24) is 10.4 Å². The van der Waals surface area contributed by atoms with Crippen LogP contribution >= 0.6 is 23.2 Å². The van der Waals surface area contributed by atoms with E-state index in [2.05, 4.69) is 10.4 Å². The molecular weight excluding hydrogens is 297 g/mol. The number of ether oxygens (including phenoxy) is 1. The molecular formula is C14H15Cl2N3O. The highest BCUT2D eigenvalue weighted by Crippen LogP contribution is 2.29. The molecule has 0 aliphatic carbocycles. The van der Waals surface area contributed by atoms with E-state index in [-0.39, 0.29) is 6.04 Å². The molecule has 1 heterocycles. The number of pyridine rings is 1. The molecule has 0 fully saturated rings. The minimum Gasteiger partial charge on any atom is -0.495 e. The van der Waals surface area contributed by atoms with Crippen molar-refractivity contribution in [3.8, 4) is 5.75 Å². The predicted molar refractivity (Wildman–Crippen MR) is 81.0 cm³/mol. The van der Waals surface area contributed by atoms with Crippen LogP contribution in [0.4, 0.5) is 0 Å². The van der Waals surface area contributed by atoms with E-state index in [4.69, 9.17) is 33.8 Å². The lowest BCUT2D eigenvalue weighted by Gasteiger charge is -2.19. The Morgan fingerprint density at radius 2 is 2.15 bits per heavy atom. The zero-order chi connectivity index (χ0) is 14.5. The van der Waals surface area contributed by atoms with Crippen LogP contribution in [0.5, 0.6) is 5.75 Å². The van der Waals surface area contributed by atoms with Crippen LogP contribution in [-0.4, -0.2) is 12.1 Å². The number of hydrazine groups is 1. The quantitative estimate of drug-likeness (QED) is 0.658. The molecule has 106 valence electrons. The van der Waals surface area contributed by atoms with E-state index in [1.165, 1.54) is 0 Å². The van der Waals surface area contributed by atoms with Crippen molar-refractivity contribution in [1.29, 1.82) is 0 Å². The number of halogens is 2. The van der Waals surface area contributed by atoms with E-state index in [1.807, 2.05) is 12.1 Å². The highest BCUT2D eigenvalue weighted by Gasteiger charge is 2.17. The summed E-state index contributed by atoms with van der Waals surface area (Å²) in [6, 6.07) is 7.08. The molecule has 0 spiro atoms. The number of rotatable bonds is 5. The fraction of sp³-hybridized carbons (Fsp3) is 0.214. The summed E-state index contributed by atoms with van der Waals surface area (Å²) in [7, 11) is 1.60. The van der Waals surface area contributed by atoms with Crippen LogP contribution in [0.3, 0.4) is 0 Å². The van der Waals surface area contributed by atoms with Gasteiger partial charge in [-0.15, -0.1) is 0 Å². The van der Waals surface area contributed by atoms with Crippen LogP contribution in [0.15, 0.2) is 36.7 Å². The molecule has 0 amide bonds. The van der Waals surface area contributed by atoms with Crippen LogP contribution in [-0.2, 0) is 6.42 Å². The second-order valence-corrected chi connectivity index (χ2v) is 5.12. The second kappa shape index (κ2) is 6.90. The summed E-state index contributed by atoms with van der Waals surface area (Å²) in [6.07, 6.45) is 3.94. The molecule has 1 aromatic carbocycles. The van der Waals surface area contributed by atoms with Gasteiger partial charge in [-0.05, 0) is 36.2 Å². The molecule has 0 bridgehead atoms. The number of nitrogens with zero attached hydrogens (tertiary/aromatic N) is 1. The summed E-state index contributed by atoms with van der Waals surface area (Å²) < 4.78 is 5.30. The smallest absolute Gasteiger partial charge is 0.141 e. The number of hydrogen-bond donors (Lipinski definition) is 2. The van der Waals surface area contributed by atoms with Gasteiger partial charge < -0.3 is 4.74 Å². The number of aromatic nitrogens is 1. The summed E-state index contributed by atoms with van der Waals surface area (Å²) in [6.45, 7) is 0. The van der Waals surface area contributed by atoms with Gasteiger partial charge in [-0.1, -0.05) is 23.2 Å². The fourth-order valence-corrected chi connectivity index (χ4v) is 2.42. The van der Waals surface area contributed by atoms with Crippen LogP contribution in [0, 0.1) is 0 Å². The molecule has 6 heteroatoms. The maximum atomic E-state index is 6.19. The van der Waals surface area contributed by atoms with Gasteiger partial charge in [0, 0.05) is 21.8 Å². The molecule has 2 aromatic rings. The van der Waals surface area contributed by atoms with Crippen molar-refractivity contribution in [2.75, 3.05) is 7.11 Å². The van der Waals surface area contributed by atoms with E-state index in [0.29, 0.717) is 22.2 Å². The second-order valence-electron chi connectivity index (χ2n) is 4.28. The zero-order valence-electron chi connectivity index (χ0n) is 10.9. The minimum absolute atomic E-state index is 0.149. The Bertz CT molecular complexity index is 592. The van der Waals surface area contributed by atoms with E-state index >= 15 is 0 Å². The minimum atomic E-state index is -0.149. The van der Waals surface area contributed by atoms with Gasteiger partial charge in [-0.3, -0.25) is 16.3 Å². The van der Waals surface area contributed by atoms with Crippen LogP contribution in [0.2, 0.25) is 10.0 Å². The van der Waals surface area contributed by atoms with Gasteiger partial charge in [0.15, 0.2) is 0 Å². The van der Waals surface area contributed by atoms with E-state index in [1.54, 1.807) is 31.6 Å². The third-order valence-corrected chi connectivity index (χ3v) is 3.65. The average molecular weight is 312 g/mol. The lowest BCUT2D eigenvalue weighted by Crippen LogP contribution is -2.30. The lowest BCUT2D eigenvalue weighted by atomic mass is 9.99. The molecule has 0 saturated carbocycles. The van der Waals surface area contributed by atoms with Crippen molar-refractivity contribution in [2.24, 2.45) is 5.84 Å². The molecule has 1 unspecified atom stereocenters.